The molecule has 28 heavy (non-hydrogen) atoms. The Labute approximate surface area is 159 Å². The average molecular weight is 372 g/mol. The van der Waals surface area contributed by atoms with E-state index in [1.54, 1.807) is 16.9 Å². The van der Waals surface area contributed by atoms with E-state index in [2.05, 4.69) is 56.1 Å². The van der Waals surface area contributed by atoms with E-state index in [1.165, 1.54) is 22.7 Å². The summed E-state index contributed by atoms with van der Waals surface area (Å²) in [5.41, 5.74) is 4.70. The van der Waals surface area contributed by atoms with Crippen molar-refractivity contribution in [3.8, 4) is 17.4 Å². The molecule has 0 radical (unpaired) electrons. The van der Waals surface area contributed by atoms with Crippen LogP contribution in [0.5, 0.6) is 11.8 Å². The molecule has 0 spiro atoms. The molecule has 5 rings (SSSR count). The summed E-state index contributed by atoms with van der Waals surface area (Å²) in [6.45, 7) is 5.98. The van der Waals surface area contributed by atoms with Gasteiger partial charge in [0.1, 0.15) is 18.0 Å². The van der Waals surface area contributed by atoms with Gasteiger partial charge in [0.2, 0.25) is 11.8 Å². The molecule has 0 saturated carbocycles. The van der Waals surface area contributed by atoms with Crippen LogP contribution in [0.3, 0.4) is 0 Å². The molecule has 4 aromatic heterocycles. The zero-order valence-corrected chi connectivity index (χ0v) is 15.5. The summed E-state index contributed by atoms with van der Waals surface area (Å²) in [6, 6.07) is 7.98. The molecule has 9 nitrogen and oxygen atoms in total. The molecule has 0 saturated heterocycles. The van der Waals surface area contributed by atoms with Crippen LogP contribution in [0.2, 0.25) is 0 Å². The molecule has 0 bridgehead atoms. The highest BCUT2D eigenvalue weighted by molar-refractivity contribution is 5.81. The molecule has 0 aliphatic carbocycles. The number of benzene rings is 1. The van der Waals surface area contributed by atoms with Crippen LogP contribution in [0.15, 0.2) is 43.1 Å². The molecule has 0 aliphatic rings. The van der Waals surface area contributed by atoms with Crippen molar-refractivity contribution in [3.63, 3.8) is 0 Å². The fourth-order valence-electron chi connectivity index (χ4n) is 3.19. The summed E-state index contributed by atoms with van der Waals surface area (Å²) in [7, 11) is 0. The molecule has 138 valence electrons. The Bertz CT molecular complexity index is 1340. The van der Waals surface area contributed by atoms with Gasteiger partial charge in [-0.05, 0) is 32.4 Å². The quantitative estimate of drug-likeness (QED) is 0.480. The summed E-state index contributed by atoms with van der Waals surface area (Å²) in [6.07, 6.45) is 4.60. The second-order valence-corrected chi connectivity index (χ2v) is 6.57. The first-order valence-electron chi connectivity index (χ1n) is 8.72. The van der Waals surface area contributed by atoms with E-state index in [9.17, 15) is 0 Å². The Balaban J connectivity index is 1.63. The first kappa shape index (κ1) is 16.3. The van der Waals surface area contributed by atoms with Crippen molar-refractivity contribution in [1.29, 1.82) is 0 Å². The smallest absolute Gasteiger partial charge is 0.255 e. The third kappa shape index (κ3) is 2.56. The first-order chi connectivity index (χ1) is 13.6. The number of aryl methyl sites for hydroxylation is 3. The highest BCUT2D eigenvalue weighted by Crippen LogP contribution is 2.28. The van der Waals surface area contributed by atoms with Crippen LogP contribution < -0.4 is 4.74 Å². The van der Waals surface area contributed by atoms with E-state index in [-0.39, 0.29) is 0 Å². The third-order valence-electron chi connectivity index (χ3n) is 4.46. The Hall–Kier alpha value is -3.88. The predicted octanol–water partition coefficient (Wildman–Crippen LogP) is 2.97. The molecule has 0 fully saturated rings. The number of nitrogens with zero attached hydrogens (tertiary/aromatic N) is 8. The van der Waals surface area contributed by atoms with Crippen molar-refractivity contribution >= 4 is 16.8 Å². The number of hydrogen-bond acceptors (Lipinski definition) is 7. The zero-order valence-electron chi connectivity index (χ0n) is 15.5. The van der Waals surface area contributed by atoms with Crippen molar-refractivity contribution in [3.05, 3.63) is 59.9 Å². The van der Waals surface area contributed by atoms with Crippen LogP contribution in [0.4, 0.5) is 0 Å². The van der Waals surface area contributed by atoms with Crippen LogP contribution in [-0.4, -0.2) is 39.3 Å². The minimum absolute atomic E-state index is 0.392. The Kier molecular flexibility index (Phi) is 3.54. The zero-order chi connectivity index (χ0) is 19.3. The predicted molar refractivity (Wildman–Crippen MR) is 102 cm³/mol. The maximum absolute atomic E-state index is 6.06. The van der Waals surface area contributed by atoms with Crippen LogP contribution >= 0.6 is 0 Å². The SMILES string of the molecule is Cc1ccc(-n2ncc3c(Oc4cc(C)nc5ncnn45)ncnc32)c(C)c1. The molecule has 4 heterocycles. The van der Waals surface area contributed by atoms with Crippen LogP contribution in [0.1, 0.15) is 16.8 Å². The van der Waals surface area contributed by atoms with Gasteiger partial charge in [0, 0.05) is 11.8 Å². The maximum Gasteiger partial charge on any atom is 0.255 e. The molecular formula is C19H16N8O. The lowest BCUT2D eigenvalue weighted by Gasteiger charge is -2.09. The highest BCUT2D eigenvalue weighted by Gasteiger charge is 2.16. The topological polar surface area (TPSA) is 95.9 Å². The van der Waals surface area contributed by atoms with Crippen LogP contribution in [0.25, 0.3) is 22.5 Å². The largest absolute Gasteiger partial charge is 0.420 e. The maximum atomic E-state index is 6.06. The van der Waals surface area contributed by atoms with Crippen molar-refractivity contribution in [2.45, 2.75) is 20.8 Å². The fourth-order valence-corrected chi connectivity index (χ4v) is 3.19. The van der Waals surface area contributed by atoms with Gasteiger partial charge in [-0.3, -0.25) is 0 Å². The standard InChI is InChI=1S/C19H16N8O/c1-11-4-5-15(12(2)6-11)26-17-14(8-23-26)18(21-9-20-17)28-16-7-13(3)25-19-22-10-24-27(16)19/h4-10H,1-3H3. The van der Waals surface area contributed by atoms with Gasteiger partial charge in [0.25, 0.3) is 5.78 Å². The van der Waals surface area contributed by atoms with Gasteiger partial charge in [-0.15, -0.1) is 0 Å². The van der Waals surface area contributed by atoms with Gasteiger partial charge in [0.15, 0.2) is 5.65 Å². The van der Waals surface area contributed by atoms with E-state index in [1.807, 2.05) is 13.0 Å². The normalized spacial score (nSPS) is 11.4. The summed E-state index contributed by atoms with van der Waals surface area (Å²) in [5, 5.41) is 9.38. The van der Waals surface area contributed by atoms with Gasteiger partial charge >= 0.3 is 0 Å². The molecule has 0 amide bonds. The lowest BCUT2D eigenvalue weighted by atomic mass is 10.1. The summed E-state index contributed by atoms with van der Waals surface area (Å²) >= 11 is 0. The summed E-state index contributed by atoms with van der Waals surface area (Å²) < 4.78 is 9.38. The van der Waals surface area contributed by atoms with Crippen LogP contribution in [0, 0.1) is 20.8 Å². The van der Waals surface area contributed by atoms with Crippen molar-refractivity contribution in [1.82, 2.24) is 39.3 Å². The second kappa shape index (κ2) is 6.08. The van der Waals surface area contributed by atoms with Crippen molar-refractivity contribution in [2.24, 2.45) is 0 Å². The monoisotopic (exact) mass is 372 g/mol. The van der Waals surface area contributed by atoms with Gasteiger partial charge in [-0.1, -0.05) is 17.7 Å². The minimum atomic E-state index is 0.392. The molecule has 5 aromatic rings. The molecule has 9 heteroatoms. The number of fused-ring (bicyclic) bond motifs is 2. The van der Waals surface area contributed by atoms with Gasteiger partial charge in [-0.25, -0.2) is 19.6 Å². The van der Waals surface area contributed by atoms with Gasteiger partial charge < -0.3 is 4.74 Å². The van der Waals surface area contributed by atoms with Crippen LogP contribution in [-0.2, 0) is 0 Å². The Morgan fingerprint density at radius 1 is 0.929 bits per heavy atom. The molecule has 0 atom stereocenters. The van der Waals surface area contributed by atoms with E-state index in [4.69, 9.17) is 4.74 Å². The number of hydrogen-bond donors (Lipinski definition) is 0. The molecule has 1 aromatic carbocycles. The second-order valence-electron chi connectivity index (χ2n) is 6.57. The van der Waals surface area contributed by atoms with Crippen molar-refractivity contribution < 1.29 is 4.74 Å². The summed E-state index contributed by atoms with van der Waals surface area (Å²) in [4.78, 5) is 17.2. The highest BCUT2D eigenvalue weighted by atomic mass is 16.5. The van der Waals surface area contributed by atoms with Gasteiger partial charge in [-0.2, -0.15) is 19.7 Å². The molecule has 0 N–H and O–H groups in total. The van der Waals surface area contributed by atoms with E-state index >= 15 is 0 Å². The van der Waals surface area contributed by atoms with E-state index in [0.29, 0.717) is 28.6 Å². The Morgan fingerprint density at radius 3 is 2.68 bits per heavy atom. The lowest BCUT2D eigenvalue weighted by molar-refractivity contribution is 0.433. The molecule has 0 aliphatic heterocycles. The van der Waals surface area contributed by atoms with E-state index in [0.717, 1.165) is 16.9 Å². The third-order valence-corrected chi connectivity index (χ3v) is 4.46. The fraction of sp³-hybridized carbons (Fsp3) is 0.158. The number of rotatable bonds is 3. The number of aromatic nitrogens is 8. The van der Waals surface area contributed by atoms with Gasteiger partial charge in [0.05, 0.1) is 11.9 Å². The number of ether oxygens (including phenoxy) is 1. The lowest BCUT2D eigenvalue weighted by Crippen LogP contribution is -2.02. The van der Waals surface area contributed by atoms with E-state index < -0.39 is 0 Å². The molecular weight excluding hydrogens is 356 g/mol. The average Bonchev–Trinajstić information content (AvgIpc) is 3.29. The van der Waals surface area contributed by atoms with Crippen molar-refractivity contribution in [2.75, 3.05) is 0 Å². The Morgan fingerprint density at radius 2 is 1.82 bits per heavy atom. The summed E-state index contributed by atoms with van der Waals surface area (Å²) in [5.74, 6) is 1.33. The molecule has 0 unspecified atom stereocenters. The minimum Gasteiger partial charge on any atom is -0.420 e. The first-order valence-corrected chi connectivity index (χ1v) is 8.72.